The number of hydrogen-bond donors (Lipinski definition) is 1. The Morgan fingerprint density at radius 2 is 1.85 bits per heavy atom. The van der Waals surface area contributed by atoms with Gasteiger partial charge in [-0.25, -0.2) is 8.60 Å². The predicted molar refractivity (Wildman–Crippen MR) is 80.8 cm³/mol. The molecule has 0 saturated carbocycles. The lowest BCUT2D eigenvalue weighted by atomic mass is 10.1. The first-order valence-electron chi connectivity index (χ1n) is 6.15. The fourth-order valence-electron chi connectivity index (χ4n) is 1.39. The van der Waals surface area contributed by atoms with Gasteiger partial charge in [0.25, 0.3) is 0 Å². The number of benzene rings is 1. The normalized spacial score (nSPS) is 14.0. The van der Waals surface area contributed by atoms with E-state index in [2.05, 4.69) is 9.71 Å². The summed E-state index contributed by atoms with van der Waals surface area (Å²) in [6.45, 7) is 8.45. The first-order valence-corrected chi connectivity index (χ1v) is 7.26. The number of nitrogens with zero attached hydrogens (tertiary/aromatic N) is 1. The van der Waals surface area contributed by atoms with E-state index in [1.807, 2.05) is 20.8 Å². The van der Waals surface area contributed by atoms with Crippen molar-refractivity contribution in [1.29, 1.82) is 0 Å². The molecule has 110 valence electrons. The van der Waals surface area contributed by atoms with E-state index in [9.17, 15) is 13.4 Å². The van der Waals surface area contributed by atoms with E-state index in [1.54, 1.807) is 13.0 Å². The van der Waals surface area contributed by atoms with Crippen LogP contribution in [0, 0.1) is 5.82 Å². The molecule has 0 radical (unpaired) electrons. The Labute approximate surface area is 121 Å². The molecule has 4 nitrogen and oxygen atoms in total. The zero-order valence-corrected chi connectivity index (χ0v) is 13.1. The van der Waals surface area contributed by atoms with Crippen LogP contribution in [0.25, 0.3) is 0 Å². The van der Waals surface area contributed by atoms with Gasteiger partial charge in [0.1, 0.15) is 16.8 Å². The Kier molecular flexibility index (Phi) is 5.16. The molecule has 0 aromatic heterocycles. The van der Waals surface area contributed by atoms with Crippen LogP contribution >= 0.6 is 0 Å². The molecular weight excluding hydrogens is 279 g/mol. The molecule has 1 aromatic carbocycles. The van der Waals surface area contributed by atoms with E-state index in [0.29, 0.717) is 17.0 Å². The number of carbonyl (C=O) groups excluding carboxylic acids is 1. The quantitative estimate of drug-likeness (QED) is 0.872. The van der Waals surface area contributed by atoms with Crippen molar-refractivity contribution in [3.63, 3.8) is 0 Å². The molecule has 0 aliphatic rings. The third kappa shape index (κ3) is 4.85. The molecule has 0 bridgehead atoms. The van der Waals surface area contributed by atoms with Crippen molar-refractivity contribution in [2.75, 3.05) is 5.32 Å². The van der Waals surface area contributed by atoms with Crippen molar-refractivity contribution in [2.24, 2.45) is 4.40 Å². The SMILES string of the molecule is CC(=O)Nc1cc(F)cc(/C(C)=N\S(=O)C(C)(C)C)c1. The van der Waals surface area contributed by atoms with Gasteiger partial charge in [0, 0.05) is 18.2 Å². The Bertz CT molecular complexity index is 577. The smallest absolute Gasteiger partial charge is 0.221 e. The van der Waals surface area contributed by atoms with Crippen molar-refractivity contribution in [3.05, 3.63) is 29.6 Å². The van der Waals surface area contributed by atoms with Crippen molar-refractivity contribution >= 4 is 28.3 Å². The van der Waals surface area contributed by atoms with Crippen LogP contribution in [-0.4, -0.2) is 20.6 Å². The Morgan fingerprint density at radius 3 is 2.35 bits per heavy atom. The van der Waals surface area contributed by atoms with Crippen molar-refractivity contribution < 1.29 is 13.4 Å². The van der Waals surface area contributed by atoms with E-state index in [0.717, 1.165) is 0 Å². The highest BCUT2D eigenvalue weighted by molar-refractivity contribution is 7.85. The van der Waals surface area contributed by atoms with Gasteiger partial charge in [-0.2, -0.15) is 4.40 Å². The topological polar surface area (TPSA) is 58.5 Å². The highest BCUT2D eigenvalue weighted by Gasteiger charge is 2.19. The number of anilines is 1. The molecular formula is C14H19FN2O2S. The van der Waals surface area contributed by atoms with Crippen molar-refractivity contribution in [2.45, 2.75) is 39.4 Å². The average Bonchev–Trinajstić information content (AvgIpc) is 2.25. The zero-order chi connectivity index (χ0) is 15.5. The molecule has 20 heavy (non-hydrogen) atoms. The summed E-state index contributed by atoms with van der Waals surface area (Å²) in [5.74, 6) is -0.767. The highest BCUT2D eigenvalue weighted by atomic mass is 32.2. The second-order valence-electron chi connectivity index (χ2n) is 5.45. The average molecular weight is 298 g/mol. The monoisotopic (exact) mass is 298 g/mol. The Morgan fingerprint density at radius 1 is 1.25 bits per heavy atom. The molecule has 1 amide bonds. The zero-order valence-electron chi connectivity index (χ0n) is 12.3. The third-order valence-corrected chi connectivity index (χ3v) is 3.87. The summed E-state index contributed by atoms with van der Waals surface area (Å²) >= 11 is 0. The molecule has 1 rings (SSSR count). The molecule has 0 aliphatic carbocycles. The maximum Gasteiger partial charge on any atom is 0.221 e. The lowest BCUT2D eigenvalue weighted by Gasteiger charge is -2.14. The minimum absolute atomic E-state index is 0.283. The molecule has 6 heteroatoms. The maximum atomic E-state index is 13.5. The molecule has 0 fully saturated rings. The molecule has 0 aliphatic heterocycles. The van der Waals surface area contributed by atoms with Gasteiger partial charge in [-0.05, 0) is 45.9 Å². The molecule has 1 N–H and O–H groups in total. The van der Waals surface area contributed by atoms with Crippen molar-refractivity contribution in [3.8, 4) is 0 Å². The number of halogens is 1. The lowest BCUT2D eigenvalue weighted by molar-refractivity contribution is -0.114. The molecule has 1 atom stereocenters. The van der Waals surface area contributed by atoms with Crippen LogP contribution in [0.2, 0.25) is 0 Å². The molecule has 0 saturated heterocycles. The van der Waals surface area contributed by atoms with Gasteiger partial charge in [-0.1, -0.05) is 0 Å². The fraction of sp³-hybridized carbons (Fsp3) is 0.429. The van der Waals surface area contributed by atoms with Crippen LogP contribution in [0.1, 0.15) is 40.2 Å². The standard InChI is InChI=1S/C14H19FN2O2S/c1-9(17-20(19)14(3,4)5)11-6-12(15)8-13(7-11)16-10(2)18/h6-8H,1-5H3,(H,16,18)/b17-9-. The van der Waals surface area contributed by atoms with Gasteiger partial charge in [0.05, 0.1) is 10.5 Å². The summed E-state index contributed by atoms with van der Waals surface area (Å²) in [6.07, 6.45) is 0. The van der Waals surface area contributed by atoms with E-state index in [-0.39, 0.29) is 5.91 Å². The summed E-state index contributed by atoms with van der Waals surface area (Å²) < 4.78 is 29.1. The molecule has 1 unspecified atom stereocenters. The van der Waals surface area contributed by atoms with Crippen LogP contribution in [0.5, 0.6) is 0 Å². The van der Waals surface area contributed by atoms with E-state index >= 15 is 0 Å². The van der Waals surface area contributed by atoms with Crippen LogP contribution < -0.4 is 5.32 Å². The number of rotatable bonds is 3. The van der Waals surface area contributed by atoms with Gasteiger partial charge < -0.3 is 5.32 Å². The minimum Gasteiger partial charge on any atom is -0.326 e. The minimum atomic E-state index is -1.41. The highest BCUT2D eigenvalue weighted by Crippen LogP contribution is 2.17. The summed E-state index contributed by atoms with van der Waals surface area (Å²) in [6, 6.07) is 4.12. The Balaban J connectivity index is 3.13. The lowest BCUT2D eigenvalue weighted by Crippen LogP contribution is -2.20. The predicted octanol–water partition coefficient (Wildman–Crippen LogP) is 3.06. The second kappa shape index (κ2) is 6.26. The van der Waals surface area contributed by atoms with E-state index in [4.69, 9.17) is 0 Å². The van der Waals surface area contributed by atoms with E-state index in [1.165, 1.54) is 19.1 Å². The summed E-state index contributed by atoms with van der Waals surface area (Å²) in [7, 11) is -1.41. The van der Waals surface area contributed by atoms with Crippen molar-refractivity contribution in [1.82, 2.24) is 0 Å². The first kappa shape index (κ1) is 16.5. The van der Waals surface area contributed by atoms with E-state index < -0.39 is 21.5 Å². The second-order valence-corrected chi connectivity index (χ2v) is 7.35. The summed E-state index contributed by atoms with van der Waals surface area (Å²) in [5, 5.41) is 2.51. The molecule has 1 aromatic rings. The number of amides is 1. The van der Waals surface area contributed by atoms with Gasteiger partial charge >= 0.3 is 0 Å². The van der Waals surface area contributed by atoms with Gasteiger partial charge in [0.15, 0.2) is 0 Å². The van der Waals surface area contributed by atoms with Gasteiger partial charge in [-0.3, -0.25) is 4.79 Å². The fourth-order valence-corrected chi connectivity index (χ4v) is 2.02. The first-order chi connectivity index (χ1) is 9.09. The molecule has 0 spiro atoms. The number of hydrogen-bond acceptors (Lipinski definition) is 2. The summed E-state index contributed by atoms with van der Waals surface area (Å²) in [5.41, 5.74) is 1.30. The van der Waals surface area contributed by atoms with Crippen LogP contribution in [0.3, 0.4) is 0 Å². The van der Waals surface area contributed by atoms with Crippen LogP contribution in [0.4, 0.5) is 10.1 Å². The largest absolute Gasteiger partial charge is 0.326 e. The number of nitrogens with one attached hydrogen (secondary N) is 1. The van der Waals surface area contributed by atoms with Crippen LogP contribution in [0.15, 0.2) is 22.6 Å². The van der Waals surface area contributed by atoms with Crippen LogP contribution in [-0.2, 0) is 15.8 Å². The maximum absolute atomic E-state index is 13.5. The Hall–Kier alpha value is -1.56. The summed E-state index contributed by atoms with van der Waals surface area (Å²) in [4.78, 5) is 11.0. The molecule has 0 heterocycles. The third-order valence-electron chi connectivity index (χ3n) is 2.38. The van der Waals surface area contributed by atoms with Gasteiger partial charge in [-0.15, -0.1) is 0 Å². The number of carbonyl (C=O) groups is 1. The van der Waals surface area contributed by atoms with Gasteiger partial charge in [0.2, 0.25) is 5.91 Å².